The lowest BCUT2D eigenvalue weighted by atomic mass is 10.2. The molecule has 2 aromatic rings. The van der Waals surface area contributed by atoms with Crippen LogP contribution in [0, 0.1) is 13.8 Å². The third-order valence-electron chi connectivity index (χ3n) is 5.36. The Balaban J connectivity index is 1.40. The molecule has 3 rings (SSSR count). The highest BCUT2D eigenvalue weighted by Gasteiger charge is 2.08. The Morgan fingerprint density at radius 1 is 1.10 bits per heavy atom. The van der Waals surface area contributed by atoms with Gasteiger partial charge in [-0.2, -0.15) is 5.10 Å². The average Bonchev–Trinajstić information content (AvgIpc) is 2.92. The second-order valence-electron chi connectivity index (χ2n) is 7.83. The van der Waals surface area contributed by atoms with Crippen molar-refractivity contribution >= 4 is 5.96 Å². The first-order valence-electron chi connectivity index (χ1n) is 10.8. The molecular weight excluding hydrogens is 362 g/mol. The fraction of sp³-hybridized carbons (Fsp3) is 0.591. The van der Waals surface area contributed by atoms with Crippen LogP contribution in [-0.2, 0) is 6.54 Å². The van der Waals surface area contributed by atoms with Gasteiger partial charge >= 0.3 is 0 Å². The van der Waals surface area contributed by atoms with Gasteiger partial charge < -0.3 is 15.5 Å². The van der Waals surface area contributed by atoms with Crippen LogP contribution >= 0.6 is 0 Å². The number of hydrogen-bond donors (Lipinski definition) is 2. The normalized spacial score (nSPS) is 15.9. The van der Waals surface area contributed by atoms with Crippen LogP contribution in [0.5, 0.6) is 0 Å². The summed E-state index contributed by atoms with van der Waals surface area (Å²) in [5, 5.41) is 11.3. The summed E-state index contributed by atoms with van der Waals surface area (Å²) in [5.74, 6) is 1.68. The summed E-state index contributed by atoms with van der Waals surface area (Å²) >= 11 is 0. The second-order valence-corrected chi connectivity index (χ2v) is 7.83. The smallest absolute Gasteiger partial charge is 0.191 e. The van der Waals surface area contributed by atoms with E-state index in [4.69, 9.17) is 0 Å². The maximum atomic E-state index is 4.56. The van der Waals surface area contributed by atoms with Crippen molar-refractivity contribution in [3.05, 3.63) is 41.3 Å². The molecule has 7 nitrogen and oxygen atoms in total. The van der Waals surface area contributed by atoms with Crippen molar-refractivity contribution in [2.45, 2.75) is 52.5 Å². The van der Waals surface area contributed by atoms with Gasteiger partial charge in [-0.1, -0.05) is 18.9 Å². The molecule has 158 valence electrons. The number of nitrogens with one attached hydrogen (secondary N) is 2. The lowest BCUT2D eigenvalue weighted by Gasteiger charge is -2.20. The molecule has 0 aliphatic carbocycles. The average molecular weight is 398 g/mol. The van der Waals surface area contributed by atoms with Crippen molar-refractivity contribution in [3.8, 4) is 5.82 Å². The number of rotatable bonds is 7. The lowest BCUT2D eigenvalue weighted by Crippen LogP contribution is -2.38. The number of guanidine groups is 1. The zero-order valence-corrected chi connectivity index (χ0v) is 18.1. The Hall–Kier alpha value is -2.41. The van der Waals surface area contributed by atoms with Crippen LogP contribution in [-0.4, -0.2) is 58.9 Å². The molecule has 0 atom stereocenters. The number of aliphatic imine (C=N–C) groups is 1. The number of aryl methyl sites for hydroxylation is 2. The van der Waals surface area contributed by atoms with Gasteiger partial charge in [0.2, 0.25) is 0 Å². The summed E-state index contributed by atoms with van der Waals surface area (Å²) in [4.78, 5) is 11.5. The van der Waals surface area contributed by atoms with Crippen LogP contribution in [0.3, 0.4) is 0 Å². The molecule has 0 amide bonds. The van der Waals surface area contributed by atoms with Crippen LogP contribution in [0.25, 0.3) is 5.82 Å². The van der Waals surface area contributed by atoms with E-state index in [-0.39, 0.29) is 0 Å². The van der Waals surface area contributed by atoms with Crippen molar-refractivity contribution in [1.82, 2.24) is 30.3 Å². The van der Waals surface area contributed by atoms with E-state index in [9.17, 15) is 0 Å². The summed E-state index contributed by atoms with van der Waals surface area (Å²) < 4.78 is 1.87. The van der Waals surface area contributed by atoms with Gasteiger partial charge in [0.1, 0.15) is 0 Å². The van der Waals surface area contributed by atoms with E-state index in [0.717, 1.165) is 41.7 Å². The summed E-state index contributed by atoms with van der Waals surface area (Å²) in [6.45, 7) is 9.35. The van der Waals surface area contributed by atoms with Gasteiger partial charge in [-0.25, -0.2) is 9.67 Å². The molecule has 29 heavy (non-hydrogen) atoms. The third kappa shape index (κ3) is 6.56. The van der Waals surface area contributed by atoms with Gasteiger partial charge in [0.25, 0.3) is 0 Å². The van der Waals surface area contributed by atoms with E-state index in [1.807, 2.05) is 37.8 Å². The summed E-state index contributed by atoms with van der Waals surface area (Å²) in [5.41, 5.74) is 3.20. The molecule has 1 aliphatic rings. The van der Waals surface area contributed by atoms with Crippen LogP contribution < -0.4 is 10.6 Å². The van der Waals surface area contributed by atoms with Gasteiger partial charge in [0, 0.05) is 32.0 Å². The summed E-state index contributed by atoms with van der Waals surface area (Å²) in [6, 6.07) is 6.14. The second kappa shape index (κ2) is 11.0. The topological polar surface area (TPSA) is 70.4 Å². The number of nitrogens with zero attached hydrogens (tertiary/aromatic N) is 5. The quantitative estimate of drug-likeness (QED) is 0.427. The highest BCUT2D eigenvalue weighted by atomic mass is 15.3. The summed E-state index contributed by atoms with van der Waals surface area (Å²) in [6.07, 6.45) is 8.52. The van der Waals surface area contributed by atoms with Crippen molar-refractivity contribution in [2.75, 3.05) is 33.2 Å². The van der Waals surface area contributed by atoms with Crippen LogP contribution in [0.4, 0.5) is 0 Å². The fourth-order valence-electron chi connectivity index (χ4n) is 3.78. The van der Waals surface area contributed by atoms with Crippen molar-refractivity contribution in [1.29, 1.82) is 0 Å². The van der Waals surface area contributed by atoms with Crippen molar-refractivity contribution < 1.29 is 0 Å². The van der Waals surface area contributed by atoms with Gasteiger partial charge in [-0.05, 0) is 70.4 Å². The van der Waals surface area contributed by atoms with Gasteiger partial charge in [0.15, 0.2) is 11.8 Å². The fourth-order valence-corrected chi connectivity index (χ4v) is 3.78. The van der Waals surface area contributed by atoms with E-state index in [0.29, 0.717) is 6.54 Å². The monoisotopic (exact) mass is 397 g/mol. The molecule has 0 spiro atoms. The Kier molecular flexibility index (Phi) is 8.04. The minimum absolute atomic E-state index is 0.691. The molecule has 1 saturated heterocycles. The van der Waals surface area contributed by atoms with Gasteiger partial charge in [0.05, 0.1) is 5.69 Å². The molecule has 0 radical (unpaired) electrons. The lowest BCUT2D eigenvalue weighted by molar-refractivity contribution is 0.282. The first kappa shape index (κ1) is 21.3. The SMILES string of the molecule is CN=C(NCCCN1CCCCCC1)NCc1ccc(-n2nc(C)cc2C)nc1. The molecule has 0 unspecified atom stereocenters. The molecule has 3 heterocycles. The Morgan fingerprint density at radius 2 is 1.90 bits per heavy atom. The zero-order valence-electron chi connectivity index (χ0n) is 18.1. The molecule has 7 heteroatoms. The molecule has 2 N–H and O–H groups in total. The van der Waals surface area contributed by atoms with Gasteiger partial charge in [-0.15, -0.1) is 0 Å². The molecule has 1 aliphatic heterocycles. The Labute approximate surface area is 174 Å². The van der Waals surface area contributed by atoms with E-state index >= 15 is 0 Å². The molecule has 0 bridgehead atoms. The van der Waals surface area contributed by atoms with E-state index < -0.39 is 0 Å². The number of likely N-dealkylation sites (tertiary alicyclic amines) is 1. The first-order chi connectivity index (χ1) is 14.2. The Bertz CT molecular complexity index is 771. The highest BCUT2D eigenvalue weighted by Crippen LogP contribution is 2.11. The first-order valence-corrected chi connectivity index (χ1v) is 10.8. The highest BCUT2D eigenvalue weighted by molar-refractivity contribution is 5.79. The molecule has 1 fully saturated rings. The predicted molar refractivity (Wildman–Crippen MR) is 119 cm³/mol. The summed E-state index contributed by atoms with van der Waals surface area (Å²) in [7, 11) is 1.81. The minimum Gasteiger partial charge on any atom is -0.356 e. The van der Waals surface area contributed by atoms with E-state index in [1.54, 1.807) is 0 Å². The Morgan fingerprint density at radius 3 is 2.52 bits per heavy atom. The van der Waals surface area contributed by atoms with Crippen LogP contribution in [0.1, 0.15) is 49.1 Å². The molecule has 2 aromatic heterocycles. The van der Waals surface area contributed by atoms with Gasteiger partial charge in [-0.3, -0.25) is 4.99 Å². The zero-order chi connectivity index (χ0) is 20.5. The number of aromatic nitrogens is 3. The predicted octanol–water partition coefficient (Wildman–Crippen LogP) is 2.82. The maximum absolute atomic E-state index is 4.56. The largest absolute Gasteiger partial charge is 0.356 e. The molecular formula is C22H35N7. The van der Waals surface area contributed by atoms with Crippen LogP contribution in [0.2, 0.25) is 0 Å². The maximum Gasteiger partial charge on any atom is 0.191 e. The molecule has 0 saturated carbocycles. The number of hydrogen-bond acceptors (Lipinski definition) is 4. The third-order valence-corrected chi connectivity index (χ3v) is 5.36. The van der Waals surface area contributed by atoms with E-state index in [2.05, 4.69) is 42.7 Å². The van der Waals surface area contributed by atoms with Crippen molar-refractivity contribution in [2.24, 2.45) is 4.99 Å². The van der Waals surface area contributed by atoms with E-state index in [1.165, 1.54) is 45.3 Å². The van der Waals surface area contributed by atoms with Crippen molar-refractivity contribution in [3.63, 3.8) is 0 Å². The standard InChI is InChI=1S/C22H35N7/c1-18-15-19(2)29(27-18)21-10-9-20(16-25-21)17-26-22(23-3)24-11-8-14-28-12-6-4-5-7-13-28/h9-10,15-16H,4-8,11-14,17H2,1-3H3,(H2,23,24,26). The molecule has 0 aromatic carbocycles. The number of pyridine rings is 1. The van der Waals surface area contributed by atoms with Crippen LogP contribution in [0.15, 0.2) is 29.4 Å². The minimum atomic E-state index is 0.691.